The van der Waals surface area contributed by atoms with Crippen molar-refractivity contribution in [2.45, 2.75) is 23.8 Å². The first-order valence-electron chi connectivity index (χ1n) is 8.56. The Hall–Kier alpha value is -2.71. The summed E-state index contributed by atoms with van der Waals surface area (Å²) >= 11 is 6.18. The standard InChI is InChI=1S/C19H19ClN2O5S/c20-16-11-17(21-12-14-8-4-5-9-27-14)15(19(23)24)10-18(16)28(25,26)22-13-6-2-1-3-7-13/h1-3,5-7,9-11,14,21-22H,4,8,12H2,(H,23,24). The summed E-state index contributed by atoms with van der Waals surface area (Å²) in [6.45, 7) is 0.370. The van der Waals surface area contributed by atoms with Crippen LogP contribution in [0.15, 0.2) is 59.7 Å². The van der Waals surface area contributed by atoms with Crippen LogP contribution >= 0.6 is 11.6 Å². The number of para-hydroxylation sites is 1. The van der Waals surface area contributed by atoms with E-state index in [1.54, 1.807) is 36.6 Å². The van der Waals surface area contributed by atoms with Gasteiger partial charge >= 0.3 is 5.97 Å². The van der Waals surface area contributed by atoms with E-state index in [-0.39, 0.29) is 27.3 Å². The Kier molecular flexibility index (Phi) is 6.11. The molecule has 3 N–H and O–H groups in total. The molecule has 148 valence electrons. The molecule has 1 aliphatic rings. The van der Waals surface area contributed by atoms with Crippen LogP contribution in [0, 0.1) is 0 Å². The zero-order valence-electron chi connectivity index (χ0n) is 14.8. The number of sulfonamides is 1. The van der Waals surface area contributed by atoms with Gasteiger partial charge < -0.3 is 15.2 Å². The van der Waals surface area contributed by atoms with Gasteiger partial charge in [-0.15, -0.1) is 0 Å². The number of nitrogens with one attached hydrogen (secondary N) is 2. The van der Waals surface area contributed by atoms with Crippen molar-refractivity contribution in [3.8, 4) is 0 Å². The lowest BCUT2D eigenvalue weighted by Crippen LogP contribution is -2.24. The second-order valence-electron chi connectivity index (χ2n) is 6.19. The van der Waals surface area contributed by atoms with Crippen LogP contribution in [0.25, 0.3) is 0 Å². The Morgan fingerprint density at radius 1 is 1.25 bits per heavy atom. The number of benzene rings is 2. The van der Waals surface area contributed by atoms with E-state index < -0.39 is 16.0 Å². The quantitative estimate of drug-likeness (QED) is 0.624. The first-order chi connectivity index (χ1) is 13.4. The Labute approximate surface area is 168 Å². The summed E-state index contributed by atoms with van der Waals surface area (Å²) in [5.41, 5.74) is 0.388. The van der Waals surface area contributed by atoms with E-state index in [4.69, 9.17) is 16.3 Å². The predicted molar refractivity (Wildman–Crippen MR) is 107 cm³/mol. The van der Waals surface area contributed by atoms with Gasteiger partial charge in [0.25, 0.3) is 10.0 Å². The molecule has 7 nitrogen and oxygen atoms in total. The van der Waals surface area contributed by atoms with Crippen molar-refractivity contribution < 1.29 is 23.1 Å². The van der Waals surface area contributed by atoms with Gasteiger partial charge in [0.1, 0.15) is 11.0 Å². The lowest BCUT2D eigenvalue weighted by molar-refractivity contribution is 0.0697. The summed E-state index contributed by atoms with van der Waals surface area (Å²) in [7, 11) is -4.06. The molecule has 0 saturated heterocycles. The molecule has 0 spiro atoms. The molecule has 3 rings (SSSR count). The van der Waals surface area contributed by atoms with Gasteiger partial charge in [0.05, 0.1) is 29.1 Å². The first kappa shape index (κ1) is 20.0. The molecule has 28 heavy (non-hydrogen) atoms. The molecule has 2 aromatic rings. The number of carboxylic acids is 1. The largest absolute Gasteiger partial charge is 0.497 e. The minimum Gasteiger partial charge on any atom is -0.497 e. The number of aromatic carboxylic acids is 1. The van der Waals surface area contributed by atoms with Crippen LogP contribution < -0.4 is 10.0 Å². The van der Waals surface area contributed by atoms with Crippen LogP contribution in [0.2, 0.25) is 5.02 Å². The van der Waals surface area contributed by atoms with Crippen molar-refractivity contribution in [3.05, 3.63) is 65.4 Å². The van der Waals surface area contributed by atoms with E-state index in [2.05, 4.69) is 10.0 Å². The number of allylic oxidation sites excluding steroid dienone is 1. The maximum atomic E-state index is 12.7. The molecule has 1 heterocycles. The lowest BCUT2D eigenvalue weighted by atomic mass is 10.1. The number of hydrogen-bond acceptors (Lipinski definition) is 5. The zero-order chi connectivity index (χ0) is 20.1. The monoisotopic (exact) mass is 422 g/mol. The highest BCUT2D eigenvalue weighted by Gasteiger charge is 2.23. The Balaban J connectivity index is 1.87. The van der Waals surface area contributed by atoms with E-state index in [0.717, 1.165) is 18.9 Å². The molecule has 1 unspecified atom stereocenters. The fourth-order valence-electron chi connectivity index (χ4n) is 2.76. The van der Waals surface area contributed by atoms with Crippen LogP contribution in [-0.4, -0.2) is 32.1 Å². The molecule has 0 saturated carbocycles. The zero-order valence-corrected chi connectivity index (χ0v) is 16.3. The third kappa shape index (κ3) is 4.76. The second-order valence-corrected chi connectivity index (χ2v) is 8.25. The van der Waals surface area contributed by atoms with Crippen LogP contribution in [-0.2, 0) is 14.8 Å². The molecule has 0 bridgehead atoms. The highest BCUT2D eigenvalue weighted by Crippen LogP contribution is 2.30. The van der Waals surface area contributed by atoms with Crippen molar-refractivity contribution in [3.63, 3.8) is 0 Å². The third-order valence-electron chi connectivity index (χ3n) is 4.16. The molecule has 0 radical (unpaired) electrons. The molecule has 1 atom stereocenters. The van der Waals surface area contributed by atoms with Crippen LogP contribution in [0.5, 0.6) is 0 Å². The van der Waals surface area contributed by atoms with Crippen molar-refractivity contribution in [2.75, 3.05) is 16.6 Å². The molecular formula is C19H19ClN2O5S. The number of hydrogen-bond donors (Lipinski definition) is 3. The van der Waals surface area contributed by atoms with E-state index in [1.807, 2.05) is 6.08 Å². The average molecular weight is 423 g/mol. The van der Waals surface area contributed by atoms with Crippen LogP contribution in [0.1, 0.15) is 23.2 Å². The molecule has 0 amide bonds. The van der Waals surface area contributed by atoms with E-state index in [1.165, 1.54) is 6.07 Å². The molecular weight excluding hydrogens is 404 g/mol. The third-order valence-corrected chi connectivity index (χ3v) is 6.01. The van der Waals surface area contributed by atoms with Gasteiger partial charge in [0.2, 0.25) is 0 Å². The second kappa shape index (κ2) is 8.53. The number of anilines is 2. The van der Waals surface area contributed by atoms with Crippen molar-refractivity contribution in [2.24, 2.45) is 0 Å². The van der Waals surface area contributed by atoms with Gasteiger partial charge in [0, 0.05) is 5.69 Å². The van der Waals surface area contributed by atoms with Crippen molar-refractivity contribution >= 4 is 39.0 Å². The molecule has 0 aromatic heterocycles. The first-order valence-corrected chi connectivity index (χ1v) is 10.4. The SMILES string of the molecule is O=C(O)c1cc(S(=O)(=O)Nc2ccccc2)c(Cl)cc1NCC1CCC=CO1. The van der Waals surface area contributed by atoms with Gasteiger partial charge in [0.15, 0.2) is 0 Å². The van der Waals surface area contributed by atoms with Gasteiger partial charge in [-0.3, -0.25) is 4.72 Å². The highest BCUT2D eigenvalue weighted by atomic mass is 35.5. The predicted octanol–water partition coefficient (Wildman–Crippen LogP) is 3.94. The number of ether oxygens (including phenoxy) is 1. The Morgan fingerprint density at radius 2 is 2.00 bits per heavy atom. The molecule has 1 aliphatic heterocycles. The van der Waals surface area contributed by atoms with Crippen molar-refractivity contribution in [1.29, 1.82) is 0 Å². The smallest absolute Gasteiger partial charge is 0.337 e. The molecule has 2 aromatic carbocycles. The average Bonchev–Trinajstić information content (AvgIpc) is 2.67. The maximum Gasteiger partial charge on any atom is 0.337 e. The molecule has 0 aliphatic carbocycles. The van der Waals surface area contributed by atoms with E-state index >= 15 is 0 Å². The van der Waals surface area contributed by atoms with E-state index in [9.17, 15) is 18.3 Å². The summed E-state index contributed by atoms with van der Waals surface area (Å²) in [5.74, 6) is -1.26. The summed E-state index contributed by atoms with van der Waals surface area (Å²) in [6.07, 6.45) is 5.10. The van der Waals surface area contributed by atoms with Crippen LogP contribution in [0.4, 0.5) is 11.4 Å². The Bertz CT molecular complexity index is 993. The van der Waals surface area contributed by atoms with Crippen molar-refractivity contribution in [1.82, 2.24) is 0 Å². The van der Waals surface area contributed by atoms with Crippen LogP contribution in [0.3, 0.4) is 0 Å². The topological polar surface area (TPSA) is 105 Å². The van der Waals surface area contributed by atoms with Gasteiger partial charge in [-0.05, 0) is 43.2 Å². The fraction of sp³-hybridized carbons (Fsp3) is 0.211. The summed E-state index contributed by atoms with van der Waals surface area (Å²) in [4.78, 5) is 11.4. The minimum atomic E-state index is -4.06. The number of carbonyl (C=O) groups is 1. The summed E-state index contributed by atoms with van der Waals surface area (Å²) in [6, 6.07) is 10.6. The van der Waals surface area contributed by atoms with Gasteiger partial charge in [-0.25, -0.2) is 13.2 Å². The van der Waals surface area contributed by atoms with Gasteiger partial charge in [-0.1, -0.05) is 29.8 Å². The molecule has 0 fully saturated rings. The number of carboxylic acid groups (broad SMARTS) is 1. The fourth-order valence-corrected chi connectivity index (χ4v) is 4.37. The minimum absolute atomic E-state index is 0.0830. The number of halogens is 1. The lowest BCUT2D eigenvalue weighted by Gasteiger charge is -2.21. The highest BCUT2D eigenvalue weighted by molar-refractivity contribution is 7.92. The van der Waals surface area contributed by atoms with Gasteiger partial charge in [-0.2, -0.15) is 0 Å². The summed E-state index contributed by atoms with van der Waals surface area (Å²) < 4.78 is 33.2. The van der Waals surface area contributed by atoms with E-state index in [0.29, 0.717) is 12.2 Å². The molecule has 9 heteroatoms. The Morgan fingerprint density at radius 3 is 2.64 bits per heavy atom. The summed E-state index contributed by atoms with van der Waals surface area (Å²) in [5, 5.41) is 12.4. The normalized spacial score (nSPS) is 16.2. The number of rotatable bonds is 7. The maximum absolute atomic E-state index is 12.7.